The summed E-state index contributed by atoms with van der Waals surface area (Å²) in [5, 5.41) is 8.97. The molecule has 1 heterocycles. The molecule has 2 amide bonds. The smallest absolute Gasteiger partial charge is 0.251 e. The van der Waals surface area contributed by atoms with Gasteiger partial charge in [-0.15, -0.1) is 0 Å². The van der Waals surface area contributed by atoms with Crippen molar-refractivity contribution in [1.29, 1.82) is 0 Å². The molecule has 1 saturated heterocycles. The minimum Gasteiger partial charge on any atom is -0.489 e. The Morgan fingerprint density at radius 3 is 2.63 bits per heavy atom. The fourth-order valence-electron chi connectivity index (χ4n) is 3.92. The zero-order chi connectivity index (χ0) is 24.5. The van der Waals surface area contributed by atoms with Crippen LogP contribution in [0.25, 0.3) is 0 Å². The van der Waals surface area contributed by atoms with Gasteiger partial charge in [0.15, 0.2) is 0 Å². The fourth-order valence-corrected chi connectivity index (χ4v) is 3.92. The summed E-state index contributed by atoms with van der Waals surface area (Å²) in [7, 11) is 0. The normalized spacial score (nSPS) is 15.7. The third-order valence-electron chi connectivity index (χ3n) is 5.83. The molecule has 2 unspecified atom stereocenters. The molecule has 3 N–H and O–H groups in total. The molecule has 3 aromatic carbocycles. The SMILES string of the molecule is CC(NC(=O)c1cccc(NC(=O)CNc2ccccc2OCC2CCCO2)c1)c1ccccc1. The Kier molecular flexibility index (Phi) is 8.35. The van der Waals surface area contributed by atoms with Gasteiger partial charge in [-0.05, 0) is 55.7 Å². The van der Waals surface area contributed by atoms with Crippen LogP contribution >= 0.6 is 0 Å². The molecule has 7 heteroatoms. The first kappa shape index (κ1) is 24.3. The lowest BCUT2D eigenvalue weighted by Gasteiger charge is -2.16. The summed E-state index contributed by atoms with van der Waals surface area (Å²) in [6, 6.07) is 24.1. The van der Waals surface area contributed by atoms with Crippen LogP contribution in [0.1, 0.15) is 41.7 Å². The molecule has 7 nitrogen and oxygen atoms in total. The number of amides is 2. The molecule has 0 radical (unpaired) electrons. The van der Waals surface area contributed by atoms with Crippen molar-refractivity contribution in [2.75, 3.05) is 30.4 Å². The minimum atomic E-state index is -0.228. The molecule has 4 rings (SSSR count). The van der Waals surface area contributed by atoms with Crippen molar-refractivity contribution in [3.8, 4) is 5.75 Å². The van der Waals surface area contributed by atoms with Crippen molar-refractivity contribution in [1.82, 2.24) is 5.32 Å². The summed E-state index contributed by atoms with van der Waals surface area (Å²) >= 11 is 0. The van der Waals surface area contributed by atoms with Gasteiger partial charge in [-0.1, -0.05) is 48.5 Å². The highest BCUT2D eigenvalue weighted by Gasteiger charge is 2.17. The molecule has 0 aliphatic carbocycles. The second-order valence-corrected chi connectivity index (χ2v) is 8.53. The fraction of sp³-hybridized carbons (Fsp3) is 0.286. The first-order valence-electron chi connectivity index (χ1n) is 11.9. The highest BCUT2D eigenvalue weighted by atomic mass is 16.5. The number of hydrogen-bond donors (Lipinski definition) is 3. The molecule has 1 fully saturated rings. The quantitative estimate of drug-likeness (QED) is 0.394. The Morgan fingerprint density at radius 2 is 1.83 bits per heavy atom. The highest BCUT2D eigenvalue weighted by molar-refractivity contribution is 5.98. The number of ether oxygens (including phenoxy) is 2. The lowest BCUT2D eigenvalue weighted by atomic mass is 10.1. The number of hydrogen-bond acceptors (Lipinski definition) is 5. The van der Waals surface area contributed by atoms with Crippen LogP contribution in [0.15, 0.2) is 78.9 Å². The number of rotatable bonds is 10. The van der Waals surface area contributed by atoms with E-state index in [2.05, 4.69) is 16.0 Å². The van der Waals surface area contributed by atoms with Crippen molar-refractivity contribution >= 4 is 23.2 Å². The van der Waals surface area contributed by atoms with E-state index >= 15 is 0 Å². The number of anilines is 2. The molecule has 182 valence electrons. The number of para-hydroxylation sites is 2. The van der Waals surface area contributed by atoms with Gasteiger partial charge in [0.25, 0.3) is 5.91 Å². The first-order chi connectivity index (χ1) is 17.1. The average Bonchev–Trinajstić information content (AvgIpc) is 3.41. The number of nitrogens with one attached hydrogen (secondary N) is 3. The van der Waals surface area contributed by atoms with Gasteiger partial charge in [-0.25, -0.2) is 0 Å². The molecular formula is C28H31N3O4. The summed E-state index contributed by atoms with van der Waals surface area (Å²) in [6.07, 6.45) is 2.18. The minimum absolute atomic E-state index is 0.0573. The van der Waals surface area contributed by atoms with E-state index in [-0.39, 0.29) is 30.5 Å². The van der Waals surface area contributed by atoms with Crippen LogP contribution in [0.4, 0.5) is 11.4 Å². The van der Waals surface area contributed by atoms with Crippen molar-refractivity contribution in [2.24, 2.45) is 0 Å². The maximum absolute atomic E-state index is 12.7. The second kappa shape index (κ2) is 12.0. The summed E-state index contributed by atoms with van der Waals surface area (Å²) in [5.74, 6) is 0.254. The van der Waals surface area contributed by atoms with Crippen molar-refractivity contribution < 1.29 is 19.1 Å². The van der Waals surface area contributed by atoms with E-state index in [4.69, 9.17) is 9.47 Å². The van der Waals surface area contributed by atoms with Gasteiger partial charge in [-0.2, -0.15) is 0 Å². The Hall–Kier alpha value is -3.84. The molecule has 2 atom stereocenters. The third-order valence-corrected chi connectivity index (χ3v) is 5.83. The molecule has 0 spiro atoms. The van der Waals surface area contributed by atoms with Crippen LogP contribution in [0.2, 0.25) is 0 Å². The van der Waals surface area contributed by atoms with Gasteiger partial charge < -0.3 is 25.4 Å². The van der Waals surface area contributed by atoms with E-state index in [1.54, 1.807) is 24.3 Å². The van der Waals surface area contributed by atoms with Gasteiger partial charge in [0.05, 0.1) is 24.4 Å². The van der Waals surface area contributed by atoms with Gasteiger partial charge in [-0.3, -0.25) is 9.59 Å². The number of benzene rings is 3. The van der Waals surface area contributed by atoms with Crippen molar-refractivity contribution in [2.45, 2.75) is 31.9 Å². The topological polar surface area (TPSA) is 88.7 Å². The largest absolute Gasteiger partial charge is 0.489 e. The van der Waals surface area contributed by atoms with E-state index in [0.29, 0.717) is 23.6 Å². The maximum atomic E-state index is 12.7. The van der Waals surface area contributed by atoms with Gasteiger partial charge >= 0.3 is 0 Å². The van der Waals surface area contributed by atoms with Crippen LogP contribution in [0.5, 0.6) is 5.75 Å². The van der Waals surface area contributed by atoms with Crippen LogP contribution in [0, 0.1) is 0 Å². The maximum Gasteiger partial charge on any atom is 0.251 e. The first-order valence-corrected chi connectivity index (χ1v) is 11.9. The number of carbonyl (C=O) groups excluding carboxylic acids is 2. The van der Waals surface area contributed by atoms with E-state index < -0.39 is 0 Å². The van der Waals surface area contributed by atoms with Crippen LogP contribution in [-0.2, 0) is 9.53 Å². The zero-order valence-corrected chi connectivity index (χ0v) is 19.8. The van der Waals surface area contributed by atoms with Crippen molar-refractivity contribution in [3.63, 3.8) is 0 Å². The molecule has 1 aliphatic rings. The molecule has 0 aromatic heterocycles. The highest BCUT2D eigenvalue weighted by Crippen LogP contribution is 2.25. The Balaban J connectivity index is 1.29. The van der Waals surface area contributed by atoms with Gasteiger partial charge in [0.1, 0.15) is 12.4 Å². The molecule has 35 heavy (non-hydrogen) atoms. The van der Waals surface area contributed by atoms with Crippen LogP contribution < -0.4 is 20.7 Å². The van der Waals surface area contributed by atoms with Gasteiger partial charge in [0.2, 0.25) is 5.91 Å². The Morgan fingerprint density at radius 1 is 1.03 bits per heavy atom. The predicted octanol–water partition coefficient (Wildman–Crippen LogP) is 4.79. The lowest BCUT2D eigenvalue weighted by molar-refractivity contribution is -0.114. The number of carbonyl (C=O) groups is 2. The van der Waals surface area contributed by atoms with Crippen molar-refractivity contribution in [3.05, 3.63) is 90.0 Å². The molecule has 0 saturated carbocycles. The lowest BCUT2D eigenvalue weighted by Crippen LogP contribution is -2.27. The summed E-state index contributed by atoms with van der Waals surface area (Å²) in [4.78, 5) is 25.3. The second-order valence-electron chi connectivity index (χ2n) is 8.53. The van der Waals surface area contributed by atoms with Gasteiger partial charge in [0, 0.05) is 17.9 Å². The molecule has 3 aromatic rings. The molecular weight excluding hydrogens is 442 g/mol. The van der Waals surface area contributed by atoms with E-state index in [1.165, 1.54) is 0 Å². The van der Waals surface area contributed by atoms with E-state index in [9.17, 15) is 9.59 Å². The predicted molar refractivity (Wildman–Crippen MR) is 137 cm³/mol. The summed E-state index contributed by atoms with van der Waals surface area (Å²) < 4.78 is 11.5. The van der Waals surface area contributed by atoms with E-state index in [0.717, 1.165) is 30.7 Å². The zero-order valence-electron chi connectivity index (χ0n) is 19.8. The average molecular weight is 474 g/mol. The summed E-state index contributed by atoms with van der Waals surface area (Å²) in [6.45, 7) is 3.26. The molecule has 0 bridgehead atoms. The Bertz CT molecular complexity index is 1130. The summed E-state index contributed by atoms with van der Waals surface area (Å²) in [5.41, 5.74) is 2.80. The third kappa shape index (κ3) is 7.07. The Labute approximate surface area is 205 Å². The van der Waals surface area contributed by atoms with E-state index in [1.807, 2.05) is 61.5 Å². The monoisotopic (exact) mass is 473 g/mol. The van der Waals surface area contributed by atoms with Crippen LogP contribution in [-0.4, -0.2) is 37.7 Å². The van der Waals surface area contributed by atoms with Crippen LogP contribution in [0.3, 0.4) is 0 Å². The standard InChI is InChI=1S/C28H31N3O4/c1-20(21-9-3-2-4-10-21)30-28(33)22-11-7-12-23(17-22)31-27(32)18-29-25-14-5-6-15-26(25)35-19-24-13-8-16-34-24/h2-7,9-12,14-15,17,20,24,29H,8,13,16,18-19H2,1H3,(H,30,33)(H,31,32). The molecule has 1 aliphatic heterocycles.